The van der Waals surface area contributed by atoms with Crippen LogP contribution in [0.4, 0.5) is 5.69 Å². The third kappa shape index (κ3) is 1.86. The van der Waals surface area contributed by atoms with Crippen molar-refractivity contribution in [1.82, 2.24) is 5.01 Å². The second-order valence-corrected chi connectivity index (χ2v) is 3.57. The van der Waals surface area contributed by atoms with Crippen molar-refractivity contribution < 1.29 is 0 Å². The molecule has 0 aromatic heterocycles. The summed E-state index contributed by atoms with van der Waals surface area (Å²) in [5.74, 6) is 0. The second kappa shape index (κ2) is 3.68. The first kappa shape index (κ1) is 9.03. The van der Waals surface area contributed by atoms with Crippen LogP contribution in [0, 0.1) is 0 Å². The quantitative estimate of drug-likeness (QED) is 0.725. The number of rotatable bonds is 2. The van der Waals surface area contributed by atoms with E-state index < -0.39 is 0 Å². The number of hydrogen-bond acceptors (Lipinski definition) is 2. The summed E-state index contributed by atoms with van der Waals surface area (Å²) in [5, 5.41) is 4.47. The molecule has 0 unspecified atom stereocenters. The molecule has 0 heterocycles. The van der Waals surface area contributed by atoms with E-state index >= 15 is 0 Å². The molecule has 0 spiro atoms. The van der Waals surface area contributed by atoms with Crippen molar-refractivity contribution in [3.63, 3.8) is 0 Å². The first-order valence-electron chi connectivity index (χ1n) is 4.68. The summed E-state index contributed by atoms with van der Waals surface area (Å²) in [5.41, 5.74) is 4.35. The van der Waals surface area contributed by atoms with Crippen LogP contribution >= 0.6 is 0 Å². The molecule has 0 saturated carbocycles. The van der Waals surface area contributed by atoms with E-state index in [1.54, 1.807) is 0 Å². The van der Waals surface area contributed by atoms with Gasteiger partial charge < -0.3 is 5.43 Å². The maximum atomic E-state index is 3.23. The maximum absolute atomic E-state index is 3.23. The molecular weight excluding hydrogens is 172 g/mol. The van der Waals surface area contributed by atoms with Crippen LogP contribution in [0.1, 0.15) is 0 Å². The van der Waals surface area contributed by atoms with Gasteiger partial charge in [0, 0.05) is 19.8 Å². The van der Waals surface area contributed by atoms with Crippen LogP contribution in [0.25, 0.3) is 10.8 Å². The number of nitrogens with zero attached hydrogens (tertiary/aromatic N) is 1. The molecule has 1 N–H and O–H groups in total. The first-order valence-corrected chi connectivity index (χ1v) is 4.68. The molecule has 0 fully saturated rings. The van der Waals surface area contributed by atoms with Crippen molar-refractivity contribution in [2.75, 3.05) is 19.5 Å². The summed E-state index contributed by atoms with van der Waals surface area (Å²) < 4.78 is 0. The summed E-state index contributed by atoms with van der Waals surface area (Å²) in [6, 6.07) is 14.7. The van der Waals surface area contributed by atoms with Gasteiger partial charge in [0.2, 0.25) is 0 Å². The zero-order valence-electron chi connectivity index (χ0n) is 8.49. The standard InChI is InChI=1S/C12H14N2/c1-14(2)13-12-8-7-10-5-3-4-6-11(10)9-12/h3-9,13H,1-2H3. The van der Waals surface area contributed by atoms with Gasteiger partial charge in [0.25, 0.3) is 0 Å². The van der Waals surface area contributed by atoms with Gasteiger partial charge in [0.05, 0.1) is 0 Å². The minimum atomic E-state index is 1.12. The molecule has 0 amide bonds. The lowest BCUT2D eigenvalue weighted by molar-refractivity contribution is 0.495. The van der Waals surface area contributed by atoms with E-state index in [-0.39, 0.29) is 0 Å². The van der Waals surface area contributed by atoms with Gasteiger partial charge in [-0.3, -0.25) is 0 Å². The number of fused-ring (bicyclic) bond motifs is 1. The average Bonchev–Trinajstić information content (AvgIpc) is 2.17. The van der Waals surface area contributed by atoms with E-state index in [9.17, 15) is 0 Å². The van der Waals surface area contributed by atoms with Gasteiger partial charge in [-0.25, -0.2) is 5.01 Å². The third-order valence-corrected chi connectivity index (χ3v) is 2.10. The molecule has 0 atom stereocenters. The van der Waals surface area contributed by atoms with E-state index in [0.717, 1.165) is 5.69 Å². The van der Waals surface area contributed by atoms with Crippen molar-refractivity contribution in [3.8, 4) is 0 Å². The molecule has 2 aromatic rings. The normalized spacial score (nSPS) is 10.8. The Labute approximate surface area is 84.1 Å². The van der Waals surface area contributed by atoms with Gasteiger partial charge in [-0.1, -0.05) is 30.3 Å². The molecule has 2 nitrogen and oxygen atoms in total. The molecule has 0 aliphatic carbocycles. The molecular formula is C12H14N2. The molecule has 14 heavy (non-hydrogen) atoms. The Morgan fingerprint density at radius 1 is 0.929 bits per heavy atom. The lowest BCUT2D eigenvalue weighted by Crippen LogP contribution is -2.19. The number of nitrogens with one attached hydrogen (secondary N) is 1. The van der Waals surface area contributed by atoms with Crippen molar-refractivity contribution in [3.05, 3.63) is 42.5 Å². The van der Waals surface area contributed by atoms with Crippen LogP contribution in [0.15, 0.2) is 42.5 Å². The lowest BCUT2D eigenvalue weighted by Gasteiger charge is -2.13. The summed E-state index contributed by atoms with van der Waals surface area (Å²) >= 11 is 0. The molecule has 2 heteroatoms. The molecule has 0 bridgehead atoms. The SMILES string of the molecule is CN(C)Nc1ccc2ccccc2c1. The third-order valence-electron chi connectivity index (χ3n) is 2.10. The Hall–Kier alpha value is -1.54. The van der Waals surface area contributed by atoms with Crippen LogP contribution in [0.3, 0.4) is 0 Å². The predicted molar refractivity (Wildman–Crippen MR) is 61.3 cm³/mol. The van der Waals surface area contributed by atoms with Crippen LogP contribution in [-0.4, -0.2) is 19.1 Å². The Morgan fingerprint density at radius 3 is 2.36 bits per heavy atom. The highest BCUT2D eigenvalue weighted by molar-refractivity contribution is 5.85. The predicted octanol–water partition coefficient (Wildman–Crippen LogP) is 2.73. The monoisotopic (exact) mass is 186 g/mol. The second-order valence-electron chi connectivity index (χ2n) is 3.57. The van der Waals surface area contributed by atoms with Gasteiger partial charge in [-0.2, -0.15) is 0 Å². The lowest BCUT2D eigenvalue weighted by atomic mass is 10.1. The minimum Gasteiger partial charge on any atom is -0.319 e. The zero-order valence-corrected chi connectivity index (χ0v) is 8.49. The van der Waals surface area contributed by atoms with Crippen LogP contribution in [-0.2, 0) is 0 Å². The molecule has 2 rings (SSSR count). The van der Waals surface area contributed by atoms with E-state index in [1.807, 2.05) is 19.1 Å². The summed E-state index contributed by atoms with van der Waals surface area (Å²) in [4.78, 5) is 0. The fourth-order valence-corrected chi connectivity index (χ4v) is 1.52. The van der Waals surface area contributed by atoms with E-state index in [2.05, 4.69) is 47.9 Å². The molecule has 72 valence electrons. The fraction of sp³-hybridized carbons (Fsp3) is 0.167. The largest absolute Gasteiger partial charge is 0.319 e. The average molecular weight is 186 g/mol. The Morgan fingerprint density at radius 2 is 1.64 bits per heavy atom. The van der Waals surface area contributed by atoms with Crippen LogP contribution in [0.5, 0.6) is 0 Å². The Kier molecular flexibility index (Phi) is 2.37. The highest BCUT2D eigenvalue weighted by Crippen LogP contribution is 2.18. The number of hydrazine groups is 1. The van der Waals surface area contributed by atoms with Crippen molar-refractivity contribution in [1.29, 1.82) is 0 Å². The molecule has 0 aliphatic rings. The van der Waals surface area contributed by atoms with Crippen LogP contribution < -0.4 is 5.43 Å². The zero-order chi connectivity index (χ0) is 9.97. The van der Waals surface area contributed by atoms with Crippen molar-refractivity contribution in [2.24, 2.45) is 0 Å². The smallest absolute Gasteiger partial charge is 0.0496 e. The van der Waals surface area contributed by atoms with Gasteiger partial charge in [0.1, 0.15) is 0 Å². The highest BCUT2D eigenvalue weighted by Gasteiger charge is 1.95. The van der Waals surface area contributed by atoms with E-state index in [0.29, 0.717) is 0 Å². The highest BCUT2D eigenvalue weighted by atomic mass is 15.5. The van der Waals surface area contributed by atoms with Gasteiger partial charge in [-0.15, -0.1) is 0 Å². The van der Waals surface area contributed by atoms with Crippen molar-refractivity contribution >= 4 is 16.5 Å². The first-order chi connectivity index (χ1) is 6.75. The van der Waals surface area contributed by atoms with E-state index in [4.69, 9.17) is 0 Å². The number of hydrogen-bond donors (Lipinski definition) is 1. The fourth-order valence-electron chi connectivity index (χ4n) is 1.52. The summed E-state index contributed by atoms with van der Waals surface area (Å²) in [7, 11) is 3.96. The van der Waals surface area contributed by atoms with Gasteiger partial charge in [0.15, 0.2) is 0 Å². The van der Waals surface area contributed by atoms with Crippen LogP contribution in [0.2, 0.25) is 0 Å². The number of anilines is 1. The Bertz CT molecular complexity index is 435. The van der Waals surface area contributed by atoms with Gasteiger partial charge >= 0.3 is 0 Å². The molecule has 0 radical (unpaired) electrons. The molecule has 0 aliphatic heterocycles. The van der Waals surface area contributed by atoms with E-state index in [1.165, 1.54) is 10.8 Å². The topological polar surface area (TPSA) is 15.3 Å². The van der Waals surface area contributed by atoms with Crippen molar-refractivity contribution in [2.45, 2.75) is 0 Å². The Balaban J connectivity index is 2.41. The number of benzene rings is 2. The summed E-state index contributed by atoms with van der Waals surface area (Å²) in [6.45, 7) is 0. The summed E-state index contributed by atoms with van der Waals surface area (Å²) in [6.07, 6.45) is 0. The molecule has 2 aromatic carbocycles. The van der Waals surface area contributed by atoms with Gasteiger partial charge in [-0.05, 0) is 22.9 Å². The molecule has 0 saturated heterocycles. The minimum absolute atomic E-state index is 1.12. The maximum Gasteiger partial charge on any atom is 0.0496 e.